The molecule has 0 aliphatic carbocycles. The lowest BCUT2D eigenvalue weighted by Gasteiger charge is -2.05. The minimum absolute atomic E-state index is 0.0406. The molecule has 14 heavy (non-hydrogen) atoms. The molecule has 0 radical (unpaired) electrons. The zero-order valence-corrected chi connectivity index (χ0v) is 9.62. The highest BCUT2D eigenvalue weighted by Crippen LogP contribution is 2.18. The van der Waals surface area contributed by atoms with E-state index >= 15 is 0 Å². The lowest BCUT2D eigenvalue weighted by Crippen LogP contribution is -2.09. The molecule has 0 aliphatic rings. The summed E-state index contributed by atoms with van der Waals surface area (Å²) in [4.78, 5) is 8.52. The molecule has 1 atom stereocenters. The summed E-state index contributed by atoms with van der Waals surface area (Å²) in [5.41, 5.74) is 7.82. The molecule has 0 aromatic carbocycles. The number of rotatable bonds is 1. The molecule has 0 spiro atoms. The van der Waals surface area contributed by atoms with Crippen molar-refractivity contribution in [2.75, 3.05) is 0 Å². The fourth-order valence-corrected chi connectivity index (χ4v) is 1.89. The molecular formula is C9H11BrN4. The van der Waals surface area contributed by atoms with E-state index in [0.717, 1.165) is 15.9 Å². The zero-order chi connectivity index (χ0) is 10.3. The van der Waals surface area contributed by atoms with E-state index in [4.69, 9.17) is 5.73 Å². The van der Waals surface area contributed by atoms with E-state index in [-0.39, 0.29) is 6.04 Å². The quantitative estimate of drug-likeness (QED) is 0.845. The van der Waals surface area contributed by atoms with Gasteiger partial charge in [-0.3, -0.25) is 4.40 Å². The van der Waals surface area contributed by atoms with Gasteiger partial charge in [0.05, 0.1) is 15.9 Å². The second kappa shape index (κ2) is 3.33. The molecule has 0 amide bonds. The molecule has 74 valence electrons. The van der Waals surface area contributed by atoms with Crippen molar-refractivity contribution in [1.29, 1.82) is 0 Å². The standard InChI is InChI=1S/C9H11BrN4/c1-5(11)8-6(2)13-9-12-3-7(10)4-14(8)9/h3-5H,11H2,1-2H3. The van der Waals surface area contributed by atoms with Crippen LogP contribution >= 0.6 is 15.9 Å². The number of aromatic nitrogens is 3. The van der Waals surface area contributed by atoms with E-state index in [0.29, 0.717) is 5.78 Å². The van der Waals surface area contributed by atoms with Gasteiger partial charge < -0.3 is 5.73 Å². The summed E-state index contributed by atoms with van der Waals surface area (Å²) in [6, 6.07) is -0.0406. The van der Waals surface area contributed by atoms with Gasteiger partial charge in [-0.25, -0.2) is 9.97 Å². The van der Waals surface area contributed by atoms with Crippen LogP contribution in [0.15, 0.2) is 16.9 Å². The number of nitrogens with zero attached hydrogens (tertiary/aromatic N) is 3. The largest absolute Gasteiger partial charge is 0.323 e. The summed E-state index contributed by atoms with van der Waals surface area (Å²) >= 11 is 3.37. The van der Waals surface area contributed by atoms with Gasteiger partial charge in [0.1, 0.15) is 0 Å². The Balaban J connectivity index is 2.79. The van der Waals surface area contributed by atoms with E-state index in [1.54, 1.807) is 6.20 Å². The smallest absolute Gasteiger partial charge is 0.234 e. The summed E-state index contributed by atoms with van der Waals surface area (Å²) < 4.78 is 2.84. The molecule has 0 saturated heterocycles. The third-order valence-corrected chi connectivity index (χ3v) is 2.51. The van der Waals surface area contributed by atoms with Gasteiger partial charge in [-0.1, -0.05) is 0 Å². The van der Waals surface area contributed by atoms with Crippen LogP contribution in [0.2, 0.25) is 0 Å². The maximum absolute atomic E-state index is 5.87. The summed E-state index contributed by atoms with van der Waals surface area (Å²) in [5.74, 6) is 0.693. The van der Waals surface area contributed by atoms with Crippen molar-refractivity contribution in [2.45, 2.75) is 19.9 Å². The number of aryl methyl sites for hydroxylation is 1. The van der Waals surface area contributed by atoms with Crippen molar-refractivity contribution < 1.29 is 0 Å². The van der Waals surface area contributed by atoms with E-state index in [9.17, 15) is 0 Å². The van der Waals surface area contributed by atoms with Gasteiger partial charge >= 0.3 is 0 Å². The van der Waals surface area contributed by atoms with Crippen molar-refractivity contribution >= 4 is 21.7 Å². The van der Waals surface area contributed by atoms with Gasteiger partial charge in [-0.15, -0.1) is 0 Å². The number of hydrogen-bond acceptors (Lipinski definition) is 3. The normalized spacial score (nSPS) is 13.4. The second-order valence-electron chi connectivity index (χ2n) is 3.31. The first-order valence-electron chi connectivity index (χ1n) is 4.35. The molecule has 0 saturated carbocycles. The molecule has 2 N–H and O–H groups in total. The lowest BCUT2D eigenvalue weighted by molar-refractivity contribution is 0.758. The third kappa shape index (κ3) is 1.42. The first-order chi connectivity index (χ1) is 6.59. The molecule has 0 bridgehead atoms. The van der Waals surface area contributed by atoms with Crippen LogP contribution < -0.4 is 5.73 Å². The van der Waals surface area contributed by atoms with Crippen LogP contribution in [-0.4, -0.2) is 14.4 Å². The van der Waals surface area contributed by atoms with Crippen molar-refractivity contribution in [2.24, 2.45) is 5.73 Å². The fraction of sp³-hybridized carbons (Fsp3) is 0.333. The predicted octanol–water partition coefficient (Wildman–Crippen LogP) is 1.82. The van der Waals surface area contributed by atoms with Gasteiger partial charge in [0.25, 0.3) is 0 Å². The van der Waals surface area contributed by atoms with Gasteiger partial charge in [-0.05, 0) is 29.8 Å². The topological polar surface area (TPSA) is 56.2 Å². The Morgan fingerprint density at radius 1 is 1.57 bits per heavy atom. The molecule has 4 nitrogen and oxygen atoms in total. The molecule has 2 rings (SSSR count). The van der Waals surface area contributed by atoms with E-state index in [1.807, 2.05) is 24.4 Å². The SMILES string of the molecule is Cc1nc2ncc(Br)cn2c1C(C)N. The average Bonchev–Trinajstić information content (AvgIpc) is 2.40. The van der Waals surface area contributed by atoms with Crippen LogP contribution in [0.3, 0.4) is 0 Å². The minimum Gasteiger partial charge on any atom is -0.323 e. The highest BCUT2D eigenvalue weighted by atomic mass is 79.9. The molecule has 0 aliphatic heterocycles. The molecular weight excluding hydrogens is 244 g/mol. The Labute approximate surface area is 90.3 Å². The van der Waals surface area contributed by atoms with Crippen molar-refractivity contribution in [3.05, 3.63) is 28.3 Å². The summed E-state index contributed by atoms with van der Waals surface area (Å²) in [5, 5.41) is 0. The van der Waals surface area contributed by atoms with Gasteiger partial charge in [0.15, 0.2) is 0 Å². The van der Waals surface area contributed by atoms with Crippen LogP contribution in [0.1, 0.15) is 24.4 Å². The Hall–Kier alpha value is -0.940. The average molecular weight is 255 g/mol. The second-order valence-corrected chi connectivity index (χ2v) is 4.23. The maximum atomic E-state index is 5.87. The molecule has 1 unspecified atom stereocenters. The fourth-order valence-electron chi connectivity index (χ4n) is 1.59. The van der Waals surface area contributed by atoms with Crippen molar-refractivity contribution in [3.63, 3.8) is 0 Å². The number of imidazole rings is 1. The van der Waals surface area contributed by atoms with Gasteiger partial charge in [0, 0.05) is 18.4 Å². The molecule has 5 heteroatoms. The summed E-state index contributed by atoms with van der Waals surface area (Å²) in [6.07, 6.45) is 3.66. The summed E-state index contributed by atoms with van der Waals surface area (Å²) in [7, 11) is 0. The monoisotopic (exact) mass is 254 g/mol. The Kier molecular flexibility index (Phi) is 2.28. The van der Waals surface area contributed by atoms with E-state index in [2.05, 4.69) is 25.9 Å². The van der Waals surface area contributed by atoms with E-state index in [1.165, 1.54) is 0 Å². The number of halogens is 1. The number of fused-ring (bicyclic) bond motifs is 1. The Morgan fingerprint density at radius 2 is 2.29 bits per heavy atom. The summed E-state index contributed by atoms with van der Waals surface area (Å²) in [6.45, 7) is 3.89. The van der Waals surface area contributed by atoms with Crippen LogP contribution in [0.25, 0.3) is 5.78 Å². The van der Waals surface area contributed by atoms with Crippen LogP contribution in [0.5, 0.6) is 0 Å². The maximum Gasteiger partial charge on any atom is 0.234 e. The Bertz CT molecular complexity index is 475. The van der Waals surface area contributed by atoms with E-state index < -0.39 is 0 Å². The van der Waals surface area contributed by atoms with Gasteiger partial charge in [-0.2, -0.15) is 0 Å². The number of nitrogens with two attached hydrogens (primary N) is 1. The first-order valence-corrected chi connectivity index (χ1v) is 5.14. The third-order valence-electron chi connectivity index (χ3n) is 2.10. The highest BCUT2D eigenvalue weighted by Gasteiger charge is 2.12. The number of hydrogen-bond donors (Lipinski definition) is 1. The minimum atomic E-state index is -0.0406. The van der Waals surface area contributed by atoms with Crippen LogP contribution in [0, 0.1) is 6.92 Å². The van der Waals surface area contributed by atoms with Gasteiger partial charge in [0.2, 0.25) is 5.78 Å². The molecule has 0 fully saturated rings. The molecule has 2 aromatic rings. The molecule has 2 heterocycles. The van der Waals surface area contributed by atoms with Crippen molar-refractivity contribution in [3.8, 4) is 0 Å². The zero-order valence-electron chi connectivity index (χ0n) is 8.03. The highest BCUT2D eigenvalue weighted by molar-refractivity contribution is 9.10. The van der Waals surface area contributed by atoms with Crippen LogP contribution in [0.4, 0.5) is 0 Å². The van der Waals surface area contributed by atoms with Crippen molar-refractivity contribution in [1.82, 2.24) is 14.4 Å². The predicted molar refractivity (Wildman–Crippen MR) is 58.0 cm³/mol. The lowest BCUT2D eigenvalue weighted by atomic mass is 10.2. The first kappa shape index (κ1) is 9.61. The van der Waals surface area contributed by atoms with Crippen LogP contribution in [-0.2, 0) is 0 Å². The molecule has 2 aromatic heterocycles. The Morgan fingerprint density at radius 3 is 2.93 bits per heavy atom.